The number of phosphoric acid groups is 2. The maximum absolute atomic E-state index is 12.0. The van der Waals surface area contributed by atoms with Crippen LogP contribution in [-0.2, 0) is 36.1 Å². The molecule has 1 saturated heterocycles. The fourth-order valence-corrected chi connectivity index (χ4v) is 8.69. The molecule has 9 N–H and O–H groups in total. The van der Waals surface area contributed by atoms with Crippen molar-refractivity contribution >= 4 is 47.8 Å². The van der Waals surface area contributed by atoms with Crippen molar-refractivity contribution in [1.82, 2.24) is 19.5 Å². The number of nitrogens with two attached hydrogens (primary N) is 1. The number of rotatable bonds is 10. The molecule has 3 rings (SSSR count). The zero-order valence-corrected chi connectivity index (χ0v) is 20.5. The molecule has 20 nitrogen and oxygen atoms in total. The molecule has 0 amide bonds. The summed E-state index contributed by atoms with van der Waals surface area (Å²) >= 11 is 0. The minimum absolute atomic E-state index is 0.0175. The Bertz CT molecular complexity index is 1280. The number of aromatic nitrogens is 4. The van der Waals surface area contributed by atoms with E-state index in [0.717, 1.165) is 6.33 Å². The van der Waals surface area contributed by atoms with E-state index < -0.39 is 67.9 Å². The Kier molecular flexibility index (Phi) is 8.07. The van der Waals surface area contributed by atoms with Gasteiger partial charge in [0.25, 0.3) is 0 Å². The molecule has 0 aliphatic carbocycles. The van der Waals surface area contributed by atoms with Gasteiger partial charge in [-0.05, 0) is 0 Å². The van der Waals surface area contributed by atoms with E-state index in [4.69, 9.17) is 20.3 Å². The molecule has 0 bridgehead atoms. The number of phosphoric ester groups is 1. The Morgan fingerprint density at radius 2 is 1.63 bits per heavy atom. The summed E-state index contributed by atoms with van der Waals surface area (Å²) < 4.78 is 64.7. The smallest absolute Gasteiger partial charge is 0.387 e. The van der Waals surface area contributed by atoms with Crippen molar-refractivity contribution in [2.24, 2.45) is 0 Å². The maximum atomic E-state index is 12.0. The molecular weight excluding hydrogens is 566 g/mol. The molecule has 0 spiro atoms. The lowest BCUT2D eigenvalue weighted by Crippen LogP contribution is -2.33. The molecule has 2 aromatic heterocycles. The highest BCUT2D eigenvalue weighted by Gasteiger charge is 2.47. The van der Waals surface area contributed by atoms with E-state index in [1.165, 1.54) is 10.9 Å². The molecule has 7 atom stereocenters. The van der Waals surface area contributed by atoms with Gasteiger partial charge in [-0.15, -0.1) is 0 Å². The van der Waals surface area contributed by atoms with Crippen molar-refractivity contribution in [3.63, 3.8) is 0 Å². The van der Waals surface area contributed by atoms with Crippen molar-refractivity contribution in [2.45, 2.75) is 24.5 Å². The molecule has 3 heterocycles. The molecule has 1 aliphatic heterocycles. The van der Waals surface area contributed by atoms with Crippen molar-refractivity contribution in [1.29, 1.82) is 0 Å². The van der Waals surface area contributed by atoms with Crippen molar-refractivity contribution in [2.75, 3.05) is 18.2 Å². The molecule has 35 heavy (non-hydrogen) atoms. The van der Waals surface area contributed by atoms with Crippen LogP contribution < -0.4 is 5.73 Å². The normalized spacial score (nSPS) is 28.4. The van der Waals surface area contributed by atoms with Crippen LogP contribution in [0.25, 0.3) is 11.2 Å². The number of ether oxygens (including phenoxy) is 1. The van der Waals surface area contributed by atoms with Gasteiger partial charge in [-0.1, -0.05) is 0 Å². The SMILES string of the molecule is Nc1ncnc2c1ncn2[C@@H]1O[C@H](COP(=O)(O)OP(=O)(O)OP(=O)(O)CP(=O)(O)O)[C@@H](O)[C@H]1O. The van der Waals surface area contributed by atoms with Gasteiger partial charge in [-0.2, -0.15) is 4.31 Å². The third-order valence-corrected chi connectivity index (χ3v) is 11.1. The lowest BCUT2D eigenvalue weighted by Gasteiger charge is -2.20. The van der Waals surface area contributed by atoms with Crippen LogP contribution in [0.2, 0.25) is 0 Å². The first-order valence-electron chi connectivity index (χ1n) is 8.93. The first-order valence-corrected chi connectivity index (χ1v) is 15.5. The highest BCUT2D eigenvalue weighted by atomic mass is 31.3. The number of aliphatic hydroxyl groups excluding tert-OH is 2. The van der Waals surface area contributed by atoms with Gasteiger partial charge in [0.1, 0.15) is 30.2 Å². The summed E-state index contributed by atoms with van der Waals surface area (Å²) in [7, 11) is -22.1. The van der Waals surface area contributed by atoms with E-state index in [-0.39, 0.29) is 17.0 Å². The van der Waals surface area contributed by atoms with Crippen molar-refractivity contribution < 1.29 is 70.8 Å². The topological polar surface area (TPSA) is 316 Å². The van der Waals surface area contributed by atoms with Gasteiger partial charge in [-0.3, -0.25) is 18.2 Å². The number of nitrogens with zero attached hydrogens (tertiary/aromatic N) is 4. The molecule has 3 unspecified atom stereocenters. The third-order valence-electron chi connectivity index (χ3n) is 4.20. The van der Waals surface area contributed by atoms with Crippen LogP contribution in [0.4, 0.5) is 5.82 Å². The van der Waals surface area contributed by atoms with Crippen LogP contribution in [0.1, 0.15) is 6.23 Å². The minimum Gasteiger partial charge on any atom is -0.387 e. The summed E-state index contributed by atoms with van der Waals surface area (Å²) in [5, 5.41) is 20.5. The van der Waals surface area contributed by atoms with Gasteiger partial charge in [0.05, 0.1) is 12.9 Å². The van der Waals surface area contributed by atoms with Crippen LogP contribution in [0.5, 0.6) is 0 Å². The van der Waals surface area contributed by atoms with Gasteiger partial charge >= 0.3 is 30.8 Å². The van der Waals surface area contributed by atoms with Crippen LogP contribution in [-0.4, -0.2) is 85.0 Å². The van der Waals surface area contributed by atoms with Crippen molar-refractivity contribution in [3.05, 3.63) is 12.7 Å². The molecule has 0 saturated carbocycles. The Labute approximate surface area is 194 Å². The lowest BCUT2D eigenvalue weighted by atomic mass is 10.1. The Morgan fingerprint density at radius 1 is 0.971 bits per heavy atom. The average molecular weight is 585 g/mol. The highest BCUT2D eigenvalue weighted by Crippen LogP contribution is 2.69. The second kappa shape index (κ2) is 9.95. The Hall–Kier alpha value is -1.17. The summed E-state index contributed by atoms with van der Waals surface area (Å²) in [5.41, 5.74) is 5.95. The van der Waals surface area contributed by atoms with Crippen molar-refractivity contribution in [3.8, 4) is 0 Å². The van der Waals surface area contributed by atoms with Crippen LogP contribution in [0.15, 0.2) is 12.7 Å². The second-order valence-corrected chi connectivity index (χ2v) is 14.1. The molecule has 1 fully saturated rings. The zero-order valence-electron chi connectivity index (χ0n) is 16.9. The fraction of sp³-hybridized carbons (Fsp3) is 0.545. The lowest BCUT2D eigenvalue weighted by molar-refractivity contribution is -0.0503. The molecule has 198 valence electrons. The summed E-state index contributed by atoms with van der Waals surface area (Å²) in [6.45, 7) is -1.02. The summed E-state index contributed by atoms with van der Waals surface area (Å²) in [6, 6.07) is 0. The Morgan fingerprint density at radius 3 is 2.26 bits per heavy atom. The van der Waals surface area contributed by atoms with E-state index >= 15 is 0 Å². The molecule has 2 aromatic rings. The number of aliphatic hydroxyl groups is 2. The average Bonchev–Trinajstić information content (AvgIpc) is 3.19. The monoisotopic (exact) mass is 585 g/mol. The second-order valence-electron chi connectivity index (χ2n) is 6.97. The summed E-state index contributed by atoms with van der Waals surface area (Å²) in [5.74, 6) is -1.87. The van der Waals surface area contributed by atoms with Crippen LogP contribution in [0.3, 0.4) is 0 Å². The number of hydrogen-bond acceptors (Lipinski definition) is 14. The van der Waals surface area contributed by atoms with Gasteiger partial charge in [0.15, 0.2) is 23.6 Å². The number of anilines is 1. The van der Waals surface area contributed by atoms with Gasteiger partial charge < -0.3 is 45.2 Å². The van der Waals surface area contributed by atoms with Gasteiger partial charge in [0, 0.05) is 0 Å². The third kappa shape index (κ3) is 7.20. The van der Waals surface area contributed by atoms with Crippen LogP contribution >= 0.6 is 30.8 Å². The van der Waals surface area contributed by atoms with Crippen LogP contribution in [0, 0.1) is 0 Å². The molecular formula is C11H19N5O15P4. The molecule has 0 aromatic carbocycles. The zero-order chi connectivity index (χ0) is 26.4. The first-order chi connectivity index (χ1) is 15.9. The number of nitrogen functional groups attached to an aromatic ring is 1. The molecule has 1 aliphatic rings. The summed E-state index contributed by atoms with van der Waals surface area (Å²) in [6.07, 6.45) is -3.95. The number of imidazole rings is 1. The van der Waals surface area contributed by atoms with E-state index in [1.807, 2.05) is 0 Å². The molecule has 24 heteroatoms. The standard InChI is InChI=1S/C11H19N5O15P4/c12-9-6-10(14-2-13-9)16(3-15-6)11-8(18)7(17)5(29-11)1-28-34(24,25)31-35(26,27)30-33(22,23)4-32(19,20)21/h2-3,5,7-8,11,17-18H,1,4H2,(H,22,23)(H,24,25)(H,26,27)(H2,12,13,14)(H2,19,20,21)/t5-,7-,8-,11-/m1/s1. The number of hydrogen-bond donors (Lipinski definition) is 8. The Balaban J connectivity index is 1.65. The van der Waals surface area contributed by atoms with E-state index in [9.17, 15) is 43.2 Å². The maximum Gasteiger partial charge on any atom is 0.488 e. The largest absolute Gasteiger partial charge is 0.488 e. The molecule has 0 radical (unpaired) electrons. The first kappa shape index (κ1) is 28.4. The highest BCUT2D eigenvalue weighted by molar-refractivity contribution is 7.75. The number of fused-ring (bicyclic) bond motifs is 1. The predicted octanol–water partition coefficient (Wildman–Crippen LogP) is -1.40. The minimum atomic E-state index is -5.88. The quantitative estimate of drug-likeness (QED) is 0.149. The fourth-order valence-electron chi connectivity index (χ4n) is 2.91. The van der Waals surface area contributed by atoms with E-state index in [1.54, 1.807) is 0 Å². The van der Waals surface area contributed by atoms with Gasteiger partial charge in [-0.25, -0.2) is 28.4 Å². The van der Waals surface area contributed by atoms with E-state index in [0.29, 0.717) is 0 Å². The van der Waals surface area contributed by atoms with Gasteiger partial charge in [0.2, 0.25) is 0 Å². The van der Waals surface area contributed by atoms with E-state index in [2.05, 4.69) is 28.1 Å². The summed E-state index contributed by atoms with van der Waals surface area (Å²) in [4.78, 5) is 57.3. The predicted molar refractivity (Wildman–Crippen MR) is 110 cm³/mol.